The molecular weight excluding hydrogens is 638 g/mol. The first-order valence-corrected chi connectivity index (χ1v) is 15.8. The summed E-state index contributed by atoms with van der Waals surface area (Å²) in [5, 5.41) is 9.81. The van der Waals surface area contributed by atoms with Crippen LogP contribution in [0.15, 0.2) is 74.6 Å². The molecule has 0 aliphatic carbocycles. The molecule has 0 bridgehead atoms. The number of aryl methyl sites for hydroxylation is 1. The summed E-state index contributed by atoms with van der Waals surface area (Å²) in [6.07, 6.45) is -1.10. The Morgan fingerprint density at radius 3 is 2.59 bits per heavy atom. The third-order valence-corrected chi connectivity index (χ3v) is 9.22. The molecule has 0 fully saturated rings. The van der Waals surface area contributed by atoms with E-state index in [0.717, 1.165) is 23.1 Å². The fourth-order valence-electron chi connectivity index (χ4n) is 5.07. The first kappa shape index (κ1) is 32.7. The topological polar surface area (TPSA) is 107 Å². The Kier molecular flexibility index (Phi) is 9.79. The van der Waals surface area contributed by atoms with E-state index in [4.69, 9.17) is 9.47 Å². The van der Waals surface area contributed by atoms with E-state index in [1.807, 2.05) is 6.07 Å². The predicted molar refractivity (Wildman–Crippen MR) is 168 cm³/mol. The van der Waals surface area contributed by atoms with Crippen LogP contribution < -0.4 is 19.6 Å². The Labute approximate surface area is 270 Å². The number of nitriles is 1. The van der Waals surface area contributed by atoms with Gasteiger partial charge in [-0.1, -0.05) is 29.5 Å². The second kappa shape index (κ2) is 13.8. The van der Waals surface area contributed by atoms with Gasteiger partial charge in [0, 0.05) is 11.3 Å². The summed E-state index contributed by atoms with van der Waals surface area (Å²) in [7, 11) is 1.50. The number of hydrogen-bond acceptors (Lipinski definition) is 9. The number of thiazole rings is 1. The van der Waals surface area contributed by atoms with Gasteiger partial charge in [-0.25, -0.2) is 27.9 Å². The number of alkyl halides is 2. The second-order valence-corrected chi connectivity index (χ2v) is 12.1. The van der Waals surface area contributed by atoms with Crippen LogP contribution in [0.4, 0.5) is 13.2 Å². The average Bonchev–Trinajstić information content (AvgIpc) is 3.33. The molecule has 0 amide bonds. The minimum absolute atomic E-state index is 0.124. The van der Waals surface area contributed by atoms with Crippen LogP contribution in [0.3, 0.4) is 0 Å². The monoisotopic (exact) mass is 664 g/mol. The number of benzene rings is 2. The Bertz CT molecular complexity index is 2080. The van der Waals surface area contributed by atoms with Gasteiger partial charge in [0.05, 0.1) is 41.1 Å². The number of esters is 1. The van der Waals surface area contributed by atoms with Gasteiger partial charge < -0.3 is 9.47 Å². The van der Waals surface area contributed by atoms with Crippen LogP contribution in [0.2, 0.25) is 0 Å². The minimum Gasteiger partial charge on any atom is -0.496 e. The van der Waals surface area contributed by atoms with Gasteiger partial charge in [0.1, 0.15) is 28.4 Å². The molecule has 2 aromatic heterocycles. The van der Waals surface area contributed by atoms with Gasteiger partial charge in [0.2, 0.25) is 0 Å². The lowest BCUT2D eigenvalue weighted by atomic mass is 9.96. The first-order valence-electron chi connectivity index (χ1n) is 14.0. The van der Waals surface area contributed by atoms with Gasteiger partial charge in [-0.15, -0.1) is 11.8 Å². The maximum atomic E-state index is 13.9. The first-order chi connectivity index (χ1) is 22.1. The van der Waals surface area contributed by atoms with Crippen molar-refractivity contribution in [3.63, 3.8) is 0 Å². The van der Waals surface area contributed by atoms with Crippen LogP contribution in [0, 0.1) is 24.1 Å². The molecule has 1 atom stereocenters. The zero-order valence-electron chi connectivity index (χ0n) is 25.1. The summed E-state index contributed by atoms with van der Waals surface area (Å²) in [5.74, 6) is -0.308. The van der Waals surface area contributed by atoms with Gasteiger partial charge in [-0.05, 0) is 73.9 Å². The Morgan fingerprint density at radius 2 is 1.93 bits per heavy atom. The highest BCUT2D eigenvalue weighted by Crippen LogP contribution is 2.33. The van der Waals surface area contributed by atoms with Crippen molar-refractivity contribution in [1.29, 1.82) is 5.26 Å². The summed E-state index contributed by atoms with van der Waals surface area (Å²) in [6.45, 7) is 5.06. The molecule has 236 valence electrons. The van der Waals surface area contributed by atoms with Crippen molar-refractivity contribution in [3.8, 4) is 11.8 Å². The molecule has 0 unspecified atom stereocenters. The van der Waals surface area contributed by atoms with Crippen molar-refractivity contribution in [2.24, 2.45) is 4.99 Å². The number of methoxy groups -OCH3 is 1. The van der Waals surface area contributed by atoms with Gasteiger partial charge >= 0.3 is 5.97 Å². The van der Waals surface area contributed by atoms with Gasteiger partial charge in [0.15, 0.2) is 4.80 Å². The molecule has 0 radical (unpaired) electrons. The maximum absolute atomic E-state index is 13.9. The molecule has 5 rings (SSSR count). The predicted octanol–water partition coefficient (Wildman–Crippen LogP) is 5.75. The number of halogens is 3. The number of pyridine rings is 1. The Balaban J connectivity index is 1.56. The molecule has 0 spiro atoms. The summed E-state index contributed by atoms with van der Waals surface area (Å²) in [6, 6.07) is 13.2. The minimum atomic E-state index is -2.78. The van der Waals surface area contributed by atoms with E-state index in [-0.39, 0.29) is 28.5 Å². The van der Waals surface area contributed by atoms with Gasteiger partial charge in [0.25, 0.3) is 12.0 Å². The third-order valence-electron chi connectivity index (χ3n) is 7.21. The van der Waals surface area contributed by atoms with E-state index in [9.17, 15) is 28.0 Å². The van der Waals surface area contributed by atoms with Gasteiger partial charge in [-0.3, -0.25) is 9.36 Å². The number of carbonyl (C=O) groups excluding carboxylic acids is 1. The Hall–Kier alpha value is -4.67. The molecule has 4 aromatic rings. The second-order valence-electron chi connectivity index (χ2n) is 10.2. The number of aromatic nitrogens is 2. The zero-order chi connectivity index (χ0) is 33.1. The van der Waals surface area contributed by atoms with Crippen molar-refractivity contribution >= 4 is 35.1 Å². The number of carbonyl (C=O) groups is 1. The fourth-order valence-corrected chi connectivity index (χ4v) is 7.16. The summed E-state index contributed by atoms with van der Waals surface area (Å²) >= 11 is 2.27. The maximum Gasteiger partial charge on any atom is 0.338 e. The van der Waals surface area contributed by atoms with Crippen molar-refractivity contribution in [3.05, 3.63) is 119 Å². The number of nitrogens with zero attached hydrogens (tertiary/aromatic N) is 4. The molecule has 13 heteroatoms. The van der Waals surface area contributed by atoms with Crippen LogP contribution >= 0.6 is 23.1 Å². The number of hydrogen-bond donors (Lipinski definition) is 0. The molecule has 0 saturated heterocycles. The number of fused-ring (bicyclic) bond motifs is 1. The third kappa shape index (κ3) is 6.49. The van der Waals surface area contributed by atoms with E-state index in [1.165, 1.54) is 42.0 Å². The standard InChI is InChI=1S/C33H27F3N4O4S2/c1-5-44-32(42)27-18(3)38-33-40(28(27)20-7-9-22(34)10-8-20)31(41)26(46-33)14-19-6-11-25(43-4)21(13-19)16-45-30-23(15-37)17(2)12-24(39-30)29(35)36/h6-14,28-29H,5,16H2,1-4H3/t28-/m1/s1. The van der Waals surface area contributed by atoms with Crippen molar-refractivity contribution < 1.29 is 27.4 Å². The largest absolute Gasteiger partial charge is 0.496 e. The molecule has 0 saturated carbocycles. The zero-order valence-corrected chi connectivity index (χ0v) is 26.8. The number of allylic oxidation sites excluding steroid dienone is 1. The smallest absolute Gasteiger partial charge is 0.338 e. The number of rotatable bonds is 9. The fraction of sp³-hybridized carbons (Fsp3) is 0.242. The quantitative estimate of drug-likeness (QED) is 0.166. The highest BCUT2D eigenvalue weighted by atomic mass is 32.2. The molecule has 46 heavy (non-hydrogen) atoms. The van der Waals surface area contributed by atoms with Crippen molar-refractivity contribution in [2.75, 3.05) is 13.7 Å². The molecule has 1 aliphatic rings. The molecule has 0 N–H and O–H groups in total. The molecule has 2 aromatic carbocycles. The summed E-state index contributed by atoms with van der Waals surface area (Å²) < 4.78 is 53.2. The lowest BCUT2D eigenvalue weighted by molar-refractivity contribution is -0.139. The van der Waals surface area contributed by atoms with Gasteiger partial charge in [-0.2, -0.15) is 5.26 Å². The van der Waals surface area contributed by atoms with E-state index < -0.39 is 35.5 Å². The van der Waals surface area contributed by atoms with E-state index in [1.54, 1.807) is 45.0 Å². The lowest BCUT2D eigenvalue weighted by Crippen LogP contribution is -2.39. The van der Waals surface area contributed by atoms with E-state index in [2.05, 4.69) is 9.98 Å². The normalized spacial score (nSPS) is 14.6. The van der Waals surface area contributed by atoms with E-state index in [0.29, 0.717) is 43.0 Å². The molecule has 1 aliphatic heterocycles. The molecule has 8 nitrogen and oxygen atoms in total. The Morgan fingerprint density at radius 1 is 1.20 bits per heavy atom. The van der Waals surface area contributed by atoms with Crippen LogP contribution in [0.1, 0.15) is 59.8 Å². The highest BCUT2D eigenvalue weighted by molar-refractivity contribution is 7.98. The SMILES string of the molecule is CCOC(=O)C1=C(C)N=c2sc(=Cc3ccc(OC)c(CSc4nc(C(F)F)cc(C)c4C#N)c3)c(=O)n2[C@@H]1c1ccc(F)cc1. The highest BCUT2D eigenvalue weighted by Gasteiger charge is 2.33. The van der Waals surface area contributed by atoms with Crippen molar-refractivity contribution in [2.45, 2.75) is 44.0 Å². The lowest BCUT2D eigenvalue weighted by Gasteiger charge is -2.24. The molecular formula is C33H27F3N4O4S2. The number of ether oxygens (including phenoxy) is 2. The average molecular weight is 665 g/mol. The molecule has 3 heterocycles. The number of thioether (sulfide) groups is 1. The van der Waals surface area contributed by atoms with Crippen LogP contribution in [-0.2, 0) is 15.3 Å². The summed E-state index contributed by atoms with van der Waals surface area (Å²) in [4.78, 5) is 35.9. The van der Waals surface area contributed by atoms with Crippen molar-refractivity contribution in [1.82, 2.24) is 9.55 Å². The summed E-state index contributed by atoms with van der Waals surface area (Å²) in [5.41, 5.74) is 2.25. The van der Waals surface area contributed by atoms with Crippen LogP contribution in [-0.4, -0.2) is 29.2 Å². The van der Waals surface area contributed by atoms with Crippen LogP contribution in [0.5, 0.6) is 5.75 Å². The van der Waals surface area contributed by atoms with Crippen LogP contribution in [0.25, 0.3) is 6.08 Å². The van der Waals surface area contributed by atoms with E-state index >= 15 is 0 Å².